The monoisotopic (exact) mass is 213 g/mol. The fourth-order valence-electron chi connectivity index (χ4n) is 1.76. The molecular weight excluding hydrogens is 190 g/mol. The minimum absolute atomic E-state index is 0.239. The van der Waals surface area contributed by atoms with E-state index in [1.165, 1.54) is 0 Å². The Hall–Kier alpha value is -0.610. The lowest BCUT2D eigenvalue weighted by Crippen LogP contribution is -2.53. The number of piperazine rings is 1. The molecule has 1 aliphatic heterocycles. The second-order valence-electron chi connectivity index (χ2n) is 4.35. The molecule has 0 aliphatic carbocycles. The van der Waals surface area contributed by atoms with Crippen LogP contribution >= 0.6 is 0 Å². The summed E-state index contributed by atoms with van der Waals surface area (Å²) in [6.07, 6.45) is 1.08. The molecule has 0 aromatic rings. The standard InChI is InChI=1S/C11H23N3O/c1-4-5-12-8-11(15)14-7-6-13(3)10(2)9-14/h10,12H,4-9H2,1-3H3. The molecule has 1 heterocycles. The van der Waals surface area contributed by atoms with Gasteiger partial charge in [-0.25, -0.2) is 0 Å². The van der Waals surface area contributed by atoms with Crippen molar-refractivity contribution in [2.24, 2.45) is 0 Å². The quantitative estimate of drug-likeness (QED) is 0.675. The van der Waals surface area contributed by atoms with Crippen LogP contribution in [-0.2, 0) is 4.79 Å². The third kappa shape index (κ3) is 3.80. The fraction of sp³-hybridized carbons (Fsp3) is 0.909. The first-order valence-electron chi connectivity index (χ1n) is 5.84. The van der Waals surface area contributed by atoms with Crippen molar-refractivity contribution in [2.45, 2.75) is 26.3 Å². The molecule has 1 rings (SSSR count). The molecule has 1 fully saturated rings. The zero-order chi connectivity index (χ0) is 11.3. The number of amides is 1. The van der Waals surface area contributed by atoms with Gasteiger partial charge in [-0.2, -0.15) is 0 Å². The van der Waals surface area contributed by atoms with Gasteiger partial charge in [-0.1, -0.05) is 6.92 Å². The Balaban J connectivity index is 2.28. The summed E-state index contributed by atoms with van der Waals surface area (Å²) in [4.78, 5) is 16.0. The third-order valence-electron chi connectivity index (χ3n) is 3.02. The van der Waals surface area contributed by atoms with Crippen molar-refractivity contribution in [2.75, 3.05) is 39.8 Å². The van der Waals surface area contributed by atoms with Crippen LogP contribution in [0, 0.1) is 0 Å². The first-order chi connectivity index (χ1) is 7.15. The van der Waals surface area contributed by atoms with E-state index in [-0.39, 0.29) is 5.91 Å². The molecule has 0 radical (unpaired) electrons. The van der Waals surface area contributed by atoms with Gasteiger partial charge in [0.1, 0.15) is 0 Å². The number of likely N-dealkylation sites (N-methyl/N-ethyl adjacent to an activating group) is 1. The van der Waals surface area contributed by atoms with Crippen LogP contribution in [0.4, 0.5) is 0 Å². The Morgan fingerprint density at radius 3 is 2.80 bits per heavy atom. The zero-order valence-electron chi connectivity index (χ0n) is 10.1. The number of hydrogen-bond donors (Lipinski definition) is 1. The molecule has 0 aromatic carbocycles. The van der Waals surface area contributed by atoms with Crippen LogP contribution in [0.5, 0.6) is 0 Å². The summed E-state index contributed by atoms with van der Waals surface area (Å²) in [7, 11) is 2.11. The van der Waals surface area contributed by atoms with E-state index in [1.807, 2.05) is 4.90 Å². The molecule has 1 amide bonds. The normalized spacial score (nSPS) is 23.1. The molecule has 1 saturated heterocycles. The molecule has 15 heavy (non-hydrogen) atoms. The number of rotatable bonds is 4. The highest BCUT2D eigenvalue weighted by molar-refractivity contribution is 5.78. The number of hydrogen-bond acceptors (Lipinski definition) is 3. The summed E-state index contributed by atoms with van der Waals surface area (Å²) in [5.74, 6) is 0.239. The van der Waals surface area contributed by atoms with Crippen molar-refractivity contribution < 1.29 is 4.79 Å². The highest BCUT2D eigenvalue weighted by atomic mass is 16.2. The van der Waals surface area contributed by atoms with Crippen LogP contribution in [0.3, 0.4) is 0 Å². The predicted molar refractivity (Wildman–Crippen MR) is 61.8 cm³/mol. The van der Waals surface area contributed by atoms with Gasteiger partial charge in [-0.05, 0) is 26.9 Å². The second-order valence-corrected chi connectivity index (χ2v) is 4.35. The largest absolute Gasteiger partial charge is 0.339 e. The SMILES string of the molecule is CCCNCC(=O)N1CCN(C)C(C)C1. The van der Waals surface area contributed by atoms with Gasteiger partial charge in [0.15, 0.2) is 0 Å². The molecule has 4 nitrogen and oxygen atoms in total. The van der Waals surface area contributed by atoms with Gasteiger partial charge in [-0.3, -0.25) is 4.79 Å². The Morgan fingerprint density at radius 2 is 2.20 bits per heavy atom. The van der Waals surface area contributed by atoms with E-state index in [1.54, 1.807) is 0 Å². The Kier molecular flexibility index (Phi) is 5.05. The molecule has 0 bridgehead atoms. The van der Waals surface area contributed by atoms with Crippen LogP contribution in [0.1, 0.15) is 20.3 Å². The van der Waals surface area contributed by atoms with E-state index >= 15 is 0 Å². The van der Waals surface area contributed by atoms with Gasteiger partial charge in [0.05, 0.1) is 6.54 Å². The summed E-state index contributed by atoms with van der Waals surface area (Å²) in [5, 5.41) is 3.15. The number of nitrogens with one attached hydrogen (secondary N) is 1. The smallest absolute Gasteiger partial charge is 0.236 e. The van der Waals surface area contributed by atoms with Crippen molar-refractivity contribution >= 4 is 5.91 Å². The van der Waals surface area contributed by atoms with Gasteiger partial charge >= 0.3 is 0 Å². The van der Waals surface area contributed by atoms with Gasteiger partial charge in [0.25, 0.3) is 0 Å². The Labute approximate surface area is 92.6 Å². The molecule has 0 spiro atoms. The first-order valence-corrected chi connectivity index (χ1v) is 5.84. The maximum atomic E-state index is 11.8. The molecule has 4 heteroatoms. The number of carbonyl (C=O) groups is 1. The van der Waals surface area contributed by atoms with Gasteiger partial charge in [0, 0.05) is 25.7 Å². The number of carbonyl (C=O) groups excluding carboxylic acids is 1. The van der Waals surface area contributed by atoms with Crippen molar-refractivity contribution in [3.63, 3.8) is 0 Å². The van der Waals surface area contributed by atoms with Crippen LogP contribution in [0.2, 0.25) is 0 Å². The molecule has 1 unspecified atom stereocenters. The molecule has 1 aliphatic rings. The van der Waals surface area contributed by atoms with Crippen molar-refractivity contribution in [1.29, 1.82) is 0 Å². The van der Waals surface area contributed by atoms with Crippen LogP contribution in [0.15, 0.2) is 0 Å². The Morgan fingerprint density at radius 1 is 1.47 bits per heavy atom. The van der Waals surface area contributed by atoms with Crippen LogP contribution in [0.25, 0.3) is 0 Å². The molecule has 0 saturated carbocycles. The first kappa shape index (κ1) is 12.5. The van der Waals surface area contributed by atoms with E-state index < -0.39 is 0 Å². The Bertz CT molecular complexity index is 208. The molecular formula is C11H23N3O. The predicted octanol–water partition coefficient (Wildman–Crippen LogP) is 0.149. The highest BCUT2D eigenvalue weighted by Gasteiger charge is 2.23. The summed E-state index contributed by atoms with van der Waals surface area (Å²) < 4.78 is 0. The third-order valence-corrected chi connectivity index (χ3v) is 3.02. The van der Waals surface area contributed by atoms with Gasteiger partial charge in [-0.15, -0.1) is 0 Å². The maximum Gasteiger partial charge on any atom is 0.236 e. The molecule has 88 valence electrons. The molecule has 1 atom stereocenters. The van der Waals surface area contributed by atoms with E-state index in [9.17, 15) is 4.79 Å². The minimum Gasteiger partial charge on any atom is -0.339 e. The maximum absolute atomic E-state index is 11.8. The van der Waals surface area contributed by atoms with Gasteiger partial charge in [0.2, 0.25) is 5.91 Å². The van der Waals surface area contributed by atoms with Crippen molar-refractivity contribution in [1.82, 2.24) is 15.1 Å². The number of nitrogens with zero attached hydrogens (tertiary/aromatic N) is 2. The van der Waals surface area contributed by atoms with E-state index in [2.05, 4.69) is 31.1 Å². The lowest BCUT2D eigenvalue weighted by Gasteiger charge is -2.37. The minimum atomic E-state index is 0.239. The summed E-state index contributed by atoms with van der Waals surface area (Å²) >= 11 is 0. The average Bonchev–Trinajstić information content (AvgIpc) is 2.22. The van der Waals surface area contributed by atoms with Crippen molar-refractivity contribution in [3.8, 4) is 0 Å². The van der Waals surface area contributed by atoms with Crippen LogP contribution in [-0.4, -0.2) is 61.5 Å². The fourth-order valence-corrected chi connectivity index (χ4v) is 1.76. The summed E-state index contributed by atoms with van der Waals surface area (Å²) in [6.45, 7) is 8.41. The zero-order valence-corrected chi connectivity index (χ0v) is 10.1. The van der Waals surface area contributed by atoms with Crippen molar-refractivity contribution in [3.05, 3.63) is 0 Å². The van der Waals surface area contributed by atoms with E-state index in [4.69, 9.17) is 0 Å². The second kappa shape index (κ2) is 6.08. The van der Waals surface area contributed by atoms with E-state index in [0.29, 0.717) is 12.6 Å². The average molecular weight is 213 g/mol. The lowest BCUT2D eigenvalue weighted by molar-refractivity contribution is -0.132. The topological polar surface area (TPSA) is 35.6 Å². The van der Waals surface area contributed by atoms with E-state index in [0.717, 1.165) is 32.6 Å². The molecule has 1 N–H and O–H groups in total. The highest BCUT2D eigenvalue weighted by Crippen LogP contribution is 2.06. The van der Waals surface area contributed by atoms with Gasteiger partial charge < -0.3 is 15.1 Å². The molecule has 0 aromatic heterocycles. The lowest BCUT2D eigenvalue weighted by atomic mass is 10.2. The summed E-state index contributed by atoms with van der Waals surface area (Å²) in [6, 6.07) is 0.480. The van der Waals surface area contributed by atoms with Crippen LogP contribution < -0.4 is 5.32 Å². The summed E-state index contributed by atoms with van der Waals surface area (Å²) in [5.41, 5.74) is 0.